The minimum absolute atomic E-state index is 0.0889. The van der Waals surface area contributed by atoms with Gasteiger partial charge in [-0.05, 0) is 37.3 Å². The number of halogens is 1. The van der Waals surface area contributed by atoms with Gasteiger partial charge in [0.1, 0.15) is 5.82 Å². The van der Waals surface area contributed by atoms with Gasteiger partial charge in [0, 0.05) is 18.2 Å². The summed E-state index contributed by atoms with van der Waals surface area (Å²) in [6, 6.07) is 5.71. The molecule has 1 aliphatic carbocycles. The number of para-hydroxylation sites is 1. The van der Waals surface area contributed by atoms with Crippen LogP contribution in [0.2, 0.25) is 5.02 Å². The van der Waals surface area contributed by atoms with Gasteiger partial charge < -0.3 is 16.8 Å². The molecule has 2 atom stereocenters. The van der Waals surface area contributed by atoms with E-state index >= 15 is 0 Å². The molecule has 5 N–H and O–H groups in total. The first kappa shape index (κ1) is 15.5. The Hall–Kier alpha value is -2.05. The maximum atomic E-state index is 13.1. The van der Waals surface area contributed by atoms with Gasteiger partial charge in [-0.2, -0.15) is 9.78 Å². The molecule has 1 aromatic heterocycles. The van der Waals surface area contributed by atoms with E-state index in [4.69, 9.17) is 23.1 Å². The molecule has 0 saturated carbocycles. The van der Waals surface area contributed by atoms with E-state index in [1.165, 1.54) is 4.68 Å². The van der Waals surface area contributed by atoms with Crippen LogP contribution in [0.5, 0.6) is 0 Å². The number of nitrogens with zero attached hydrogens (tertiary/aromatic N) is 2. The number of hydrogen-bond acceptors (Lipinski definition) is 5. The number of hydrogen-bond donors (Lipinski definition) is 3. The first-order valence-corrected chi connectivity index (χ1v) is 8.62. The second-order valence-electron chi connectivity index (χ2n) is 6.54. The number of aromatic nitrogens is 2. The number of benzene rings is 1. The lowest BCUT2D eigenvalue weighted by molar-refractivity contribution is 0.0859. The lowest BCUT2D eigenvalue weighted by Gasteiger charge is -2.26. The minimum Gasteiger partial charge on any atom is -0.384 e. The van der Waals surface area contributed by atoms with Gasteiger partial charge in [-0.3, -0.25) is 4.79 Å². The third-order valence-electron chi connectivity index (χ3n) is 4.99. The fourth-order valence-corrected chi connectivity index (χ4v) is 3.96. The van der Waals surface area contributed by atoms with Crippen molar-refractivity contribution in [3.05, 3.63) is 40.0 Å². The number of carbonyl (C=O) groups excluding carboxylic acids is 1. The Morgan fingerprint density at radius 2 is 2.21 bits per heavy atom. The van der Waals surface area contributed by atoms with Gasteiger partial charge in [-0.1, -0.05) is 23.7 Å². The standard InChI is InChI=1S/C17H20ClN5O/c18-13-3-1-2-10-11(6-7-21-15(10)13)17(24)23-16(20)12-8-9(19)4-5-14(12)22-23/h1-3,9,11,21H,4-8,19-20H2/t9-,11+/m0/s1. The van der Waals surface area contributed by atoms with Crippen LogP contribution >= 0.6 is 11.6 Å². The van der Waals surface area contributed by atoms with Crippen molar-refractivity contribution < 1.29 is 4.79 Å². The predicted molar refractivity (Wildman–Crippen MR) is 94.6 cm³/mol. The monoisotopic (exact) mass is 345 g/mol. The zero-order chi connectivity index (χ0) is 16.8. The fourth-order valence-electron chi connectivity index (χ4n) is 3.71. The number of fused-ring (bicyclic) bond motifs is 2. The third kappa shape index (κ3) is 2.37. The van der Waals surface area contributed by atoms with Gasteiger partial charge in [0.2, 0.25) is 0 Å². The highest BCUT2D eigenvalue weighted by atomic mass is 35.5. The average molecular weight is 346 g/mol. The van der Waals surface area contributed by atoms with Crippen LogP contribution in [0.25, 0.3) is 0 Å². The van der Waals surface area contributed by atoms with Crippen molar-refractivity contribution in [2.75, 3.05) is 17.6 Å². The van der Waals surface area contributed by atoms with Crippen LogP contribution in [-0.4, -0.2) is 28.3 Å². The van der Waals surface area contributed by atoms with Gasteiger partial charge >= 0.3 is 0 Å². The van der Waals surface area contributed by atoms with Gasteiger partial charge in [0.05, 0.1) is 22.3 Å². The van der Waals surface area contributed by atoms with Crippen molar-refractivity contribution in [1.29, 1.82) is 0 Å². The highest BCUT2D eigenvalue weighted by Crippen LogP contribution is 2.38. The van der Waals surface area contributed by atoms with Gasteiger partial charge in [-0.15, -0.1) is 0 Å². The topological polar surface area (TPSA) is 99.0 Å². The van der Waals surface area contributed by atoms with E-state index in [9.17, 15) is 4.79 Å². The highest BCUT2D eigenvalue weighted by Gasteiger charge is 2.32. The first-order valence-electron chi connectivity index (χ1n) is 8.24. The summed E-state index contributed by atoms with van der Waals surface area (Å²) in [6.07, 6.45) is 3.03. The van der Waals surface area contributed by atoms with Crippen molar-refractivity contribution >= 4 is 29.0 Å². The van der Waals surface area contributed by atoms with Crippen molar-refractivity contribution in [3.8, 4) is 0 Å². The molecule has 0 saturated heterocycles. The molecular formula is C17H20ClN5O. The Kier molecular flexibility index (Phi) is 3.73. The van der Waals surface area contributed by atoms with Crippen LogP contribution < -0.4 is 16.8 Å². The number of nitrogens with one attached hydrogen (secondary N) is 1. The van der Waals surface area contributed by atoms with Gasteiger partial charge in [0.15, 0.2) is 0 Å². The zero-order valence-electron chi connectivity index (χ0n) is 13.3. The maximum Gasteiger partial charge on any atom is 0.256 e. The molecule has 2 heterocycles. The normalized spacial score (nSPS) is 22.4. The minimum atomic E-state index is -0.294. The number of nitrogens with two attached hydrogens (primary N) is 2. The van der Waals surface area contributed by atoms with Crippen LogP contribution in [-0.2, 0) is 12.8 Å². The van der Waals surface area contributed by atoms with Crippen molar-refractivity contribution in [3.63, 3.8) is 0 Å². The Bertz CT molecular complexity index is 816. The lowest BCUT2D eigenvalue weighted by Crippen LogP contribution is -2.28. The summed E-state index contributed by atoms with van der Waals surface area (Å²) in [4.78, 5) is 13.1. The molecule has 0 bridgehead atoms. The quantitative estimate of drug-likeness (QED) is 0.735. The summed E-state index contributed by atoms with van der Waals surface area (Å²) < 4.78 is 1.38. The Morgan fingerprint density at radius 1 is 1.38 bits per heavy atom. The molecule has 2 aromatic rings. The first-order chi connectivity index (χ1) is 11.6. The molecule has 0 unspecified atom stereocenters. The summed E-state index contributed by atoms with van der Waals surface area (Å²) in [7, 11) is 0. The molecule has 0 amide bonds. The van der Waals surface area contributed by atoms with Crippen molar-refractivity contribution in [2.24, 2.45) is 5.73 Å². The largest absolute Gasteiger partial charge is 0.384 e. The van der Waals surface area contributed by atoms with E-state index in [1.54, 1.807) is 0 Å². The number of aryl methyl sites for hydroxylation is 1. The fraction of sp³-hybridized carbons (Fsp3) is 0.412. The van der Waals surface area contributed by atoms with Gasteiger partial charge in [-0.25, -0.2) is 0 Å². The Labute approximate surface area is 145 Å². The third-order valence-corrected chi connectivity index (χ3v) is 5.30. The Morgan fingerprint density at radius 3 is 3.04 bits per heavy atom. The summed E-state index contributed by atoms with van der Waals surface area (Å²) in [5.41, 5.74) is 15.8. The highest BCUT2D eigenvalue weighted by molar-refractivity contribution is 6.33. The number of carbonyl (C=O) groups is 1. The molecule has 6 nitrogen and oxygen atoms in total. The van der Waals surface area contributed by atoms with E-state index in [0.29, 0.717) is 30.2 Å². The SMILES string of the molecule is Nc1c2c(nn1C(=O)[C@@H]1CCNc3c(Cl)cccc31)CC[C@H](N)C2. The zero-order valence-corrected chi connectivity index (χ0v) is 14.0. The molecule has 0 fully saturated rings. The second-order valence-corrected chi connectivity index (χ2v) is 6.94. The molecule has 24 heavy (non-hydrogen) atoms. The average Bonchev–Trinajstić information content (AvgIpc) is 2.91. The van der Waals surface area contributed by atoms with Crippen LogP contribution in [0.1, 0.15) is 40.4 Å². The Balaban J connectivity index is 1.73. The summed E-state index contributed by atoms with van der Waals surface area (Å²) >= 11 is 6.25. The molecular weight excluding hydrogens is 326 g/mol. The molecule has 0 spiro atoms. The van der Waals surface area contributed by atoms with E-state index in [1.807, 2.05) is 18.2 Å². The van der Waals surface area contributed by atoms with E-state index in [2.05, 4.69) is 10.4 Å². The smallest absolute Gasteiger partial charge is 0.256 e. The van der Waals surface area contributed by atoms with Gasteiger partial charge in [0.25, 0.3) is 5.91 Å². The van der Waals surface area contributed by atoms with Crippen LogP contribution in [0, 0.1) is 0 Å². The molecule has 126 valence electrons. The molecule has 0 radical (unpaired) electrons. The molecule has 1 aromatic carbocycles. The van der Waals surface area contributed by atoms with E-state index < -0.39 is 0 Å². The second kappa shape index (κ2) is 5.79. The van der Waals surface area contributed by atoms with Crippen molar-refractivity contribution in [2.45, 2.75) is 37.6 Å². The number of anilines is 2. The maximum absolute atomic E-state index is 13.1. The molecule has 1 aliphatic heterocycles. The van der Waals surface area contributed by atoms with Crippen LogP contribution in [0.15, 0.2) is 18.2 Å². The lowest BCUT2D eigenvalue weighted by atomic mass is 9.90. The summed E-state index contributed by atoms with van der Waals surface area (Å²) in [6.45, 7) is 0.693. The summed E-state index contributed by atoms with van der Waals surface area (Å²) in [5, 5.41) is 8.39. The molecule has 7 heteroatoms. The van der Waals surface area contributed by atoms with E-state index in [0.717, 1.165) is 35.3 Å². The molecule has 2 aliphatic rings. The van der Waals surface area contributed by atoms with Crippen LogP contribution in [0.4, 0.5) is 11.5 Å². The van der Waals surface area contributed by atoms with E-state index in [-0.39, 0.29) is 17.9 Å². The predicted octanol–water partition coefficient (Wildman–Crippen LogP) is 2.17. The van der Waals surface area contributed by atoms with Crippen molar-refractivity contribution in [1.82, 2.24) is 9.78 Å². The van der Waals surface area contributed by atoms with Crippen LogP contribution in [0.3, 0.4) is 0 Å². The molecule has 4 rings (SSSR count). The summed E-state index contributed by atoms with van der Waals surface area (Å²) in [5.74, 6) is 0.0463. The number of nitrogen functional groups attached to an aromatic ring is 1. The number of rotatable bonds is 1.